The fourth-order valence-electron chi connectivity index (χ4n) is 1.16. The molecule has 0 unspecified atom stereocenters. The number of hydrogen-bond donors (Lipinski definition) is 1. The summed E-state index contributed by atoms with van der Waals surface area (Å²) in [6.45, 7) is 13.5. The molecule has 0 aromatic rings. The number of carbonyl (C=O) groups is 1. The number of nitrogens with one attached hydrogen (secondary N) is 1. The summed E-state index contributed by atoms with van der Waals surface area (Å²) in [5.74, 6) is 0.147. The minimum Gasteiger partial charge on any atom is -0.353 e. The first-order valence-corrected chi connectivity index (χ1v) is 6.05. The van der Waals surface area contributed by atoms with Crippen molar-refractivity contribution in [3.63, 3.8) is 0 Å². The van der Waals surface area contributed by atoms with Crippen LogP contribution >= 0.6 is 0 Å². The van der Waals surface area contributed by atoms with Crippen molar-refractivity contribution in [1.29, 1.82) is 0 Å². The Labute approximate surface area is 101 Å². The Balaban J connectivity index is 3.72. The Hall–Kier alpha value is -0.790. The average Bonchev–Trinajstić information content (AvgIpc) is 2.06. The Bertz CT molecular complexity index is 240. The Morgan fingerprint density at radius 1 is 1.12 bits per heavy atom. The number of allylic oxidation sites excluding steroid dienone is 1. The van der Waals surface area contributed by atoms with Crippen LogP contribution in [0.5, 0.6) is 0 Å². The predicted octanol–water partition coefficient (Wildman–Crippen LogP) is 3.53. The van der Waals surface area contributed by atoms with E-state index in [1.165, 1.54) is 0 Å². The second kappa shape index (κ2) is 6.07. The molecule has 0 aliphatic carbocycles. The van der Waals surface area contributed by atoms with Crippen LogP contribution in [-0.4, -0.2) is 12.5 Å². The topological polar surface area (TPSA) is 29.1 Å². The molecule has 2 heteroatoms. The van der Waals surface area contributed by atoms with Crippen LogP contribution in [0.1, 0.15) is 54.4 Å². The van der Waals surface area contributed by atoms with Gasteiger partial charge in [0.05, 0.1) is 0 Å². The first kappa shape index (κ1) is 15.2. The zero-order valence-corrected chi connectivity index (χ0v) is 11.7. The van der Waals surface area contributed by atoms with E-state index in [0.29, 0.717) is 13.0 Å². The lowest BCUT2D eigenvalue weighted by atomic mass is 9.90. The zero-order chi connectivity index (χ0) is 12.8. The highest BCUT2D eigenvalue weighted by Crippen LogP contribution is 2.20. The molecule has 16 heavy (non-hydrogen) atoms. The quantitative estimate of drug-likeness (QED) is 0.729. The summed E-state index contributed by atoms with van der Waals surface area (Å²) in [6, 6.07) is 0. The highest BCUT2D eigenvalue weighted by molar-refractivity contribution is 5.76. The van der Waals surface area contributed by atoms with E-state index in [0.717, 1.165) is 6.42 Å². The van der Waals surface area contributed by atoms with Crippen molar-refractivity contribution in [2.45, 2.75) is 54.4 Å². The maximum absolute atomic E-state index is 11.5. The van der Waals surface area contributed by atoms with E-state index in [1.54, 1.807) is 0 Å². The highest BCUT2D eigenvalue weighted by Gasteiger charge is 2.12. The molecular formula is C14H27NO. The van der Waals surface area contributed by atoms with Gasteiger partial charge in [-0.25, -0.2) is 0 Å². The van der Waals surface area contributed by atoms with Crippen LogP contribution in [0.2, 0.25) is 0 Å². The van der Waals surface area contributed by atoms with Crippen molar-refractivity contribution < 1.29 is 4.79 Å². The lowest BCUT2D eigenvalue weighted by Crippen LogP contribution is -2.24. The molecule has 0 bridgehead atoms. The monoisotopic (exact) mass is 225 g/mol. The summed E-state index contributed by atoms with van der Waals surface area (Å²) >= 11 is 0. The van der Waals surface area contributed by atoms with E-state index in [1.807, 2.05) is 6.08 Å². The normalized spacial score (nSPS) is 13.1. The molecule has 94 valence electrons. The predicted molar refractivity (Wildman–Crippen MR) is 70.3 cm³/mol. The molecule has 1 amide bonds. The van der Waals surface area contributed by atoms with Gasteiger partial charge in [-0.15, -0.1) is 0 Å². The van der Waals surface area contributed by atoms with E-state index in [4.69, 9.17) is 0 Å². The van der Waals surface area contributed by atoms with Crippen LogP contribution in [0, 0.1) is 10.8 Å². The molecule has 0 atom stereocenters. The molecule has 0 rings (SSSR count). The molecular weight excluding hydrogens is 198 g/mol. The van der Waals surface area contributed by atoms with Crippen molar-refractivity contribution in [2.75, 3.05) is 6.54 Å². The van der Waals surface area contributed by atoms with E-state index >= 15 is 0 Å². The largest absolute Gasteiger partial charge is 0.353 e. The molecule has 2 nitrogen and oxygen atoms in total. The summed E-state index contributed by atoms with van der Waals surface area (Å²) < 4.78 is 0. The second-order valence-corrected chi connectivity index (χ2v) is 6.63. The van der Waals surface area contributed by atoms with Gasteiger partial charge < -0.3 is 5.32 Å². The van der Waals surface area contributed by atoms with Crippen LogP contribution in [0.3, 0.4) is 0 Å². The highest BCUT2D eigenvalue weighted by atomic mass is 16.1. The maximum atomic E-state index is 11.5. The fraction of sp³-hybridized carbons (Fsp3) is 0.786. The Morgan fingerprint density at radius 2 is 1.69 bits per heavy atom. The van der Waals surface area contributed by atoms with Crippen molar-refractivity contribution in [3.05, 3.63) is 12.2 Å². The summed E-state index contributed by atoms with van der Waals surface area (Å²) in [7, 11) is 0. The van der Waals surface area contributed by atoms with Gasteiger partial charge in [0, 0.05) is 13.0 Å². The zero-order valence-electron chi connectivity index (χ0n) is 11.7. The van der Waals surface area contributed by atoms with Gasteiger partial charge in [-0.05, 0) is 17.3 Å². The Morgan fingerprint density at radius 3 is 2.12 bits per heavy atom. The van der Waals surface area contributed by atoms with Crippen LogP contribution in [0.15, 0.2) is 12.2 Å². The fourth-order valence-corrected chi connectivity index (χ4v) is 1.16. The summed E-state index contributed by atoms with van der Waals surface area (Å²) in [6.07, 6.45) is 5.70. The molecule has 0 aliphatic heterocycles. The van der Waals surface area contributed by atoms with E-state index in [9.17, 15) is 4.79 Å². The SMILES string of the molecule is CC(C)(C)/C=C/CNC(=O)CCC(C)(C)C. The Kier molecular flexibility index (Phi) is 5.77. The molecule has 0 aromatic heterocycles. The first-order chi connectivity index (χ1) is 7.10. The van der Waals surface area contributed by atoms with Crippen molar-refractivity contribution in [3.8, 4) is 0 Å². The summed E-state index contributed by atoms with van der Waals surface area (Å²) in [5.41, 5.74) is 0.425. The van der Waals surface area contributed by atoms with Gasteiger partial charge in [0.25, 0.3) is 0 Å². The first-order valence-electron chi connectivity index (χ1n) is 6.05. The molecule has 1 N–H and O–H groups in total. The van der Waals surface area contributed by atoms with Crippen molar-refractivity contribution in [2.24, 2.45) is 10.8 Å². The van der Waals surface area contributed by atoms with Crippen LogP contribution in [-0.2, 0) is 4.79 Å². The van der Waals surface area contributed by atoms with Gasteiger partial charge in [-0.3, -0.25) is 4.79 Å². The molecule has 0 spiro atoms. The summed E-state index contributed by atoms with van der Waals surface area (Å²) in [5, 5.41) is 2.90. The number of carbonyl (C=O) groups excluding carboxylic acids is 1. The molecule has 0 saturated heterocycles. The minimum absolute atomic E-state index is 0.147. The molecule has 0 radical (unpaired) electrons. The van der Waals surface area contributed by atoms with Gasteiger partial charge in [0.2, 0.25) is 5.91 Å². The average molecular weight is 225 g/mol. The third-order valence-corrected chi connectivity index (χ3v) is 2.14. The molecule has 0 fully saturated rings. The minimum atomic E-state index is 0.147. The van der Waals surface area contributed by atoms with Gasteiger partial charge in [-0.1, -0.05) is 53.7 Å². The van der Waals surface area contributed by atoms with Crippen molar-refractivity contribution in [1.82, 2.24) is 5.32 Å². The smallest absolute Gasteiger partial charge is 0.220 e. The van der Waals surface area contributed by atoms with Gasteiger partial charge in [-0.2, -0.15) is 0 Å². The summed E-state index contributed by atoms with van der Waals surface area (Å²) in [4.78, 5) is 11.5. The van der Waals surface area contributed by atoms with Gasteiger partial charge >= 0.3 is 0 Å². The van der Waals surface area contributed by atoms with Gasteiger partial charge in [0.15, 0.2) is 0 Å². The third kappa shape index (κ3) is 11.3. The molecule has 0 saturated carbocycles. The maximum Gasteiger partial charge on any atom is 0.220 e. The third-order valence-electron chi connectivity index (χ3n) is 2.14. The van der Waals surface area contributed by atoms with Crippen LogP contribution in [0.4, 0.5) is 0 Å². The molecule has 0 aliphatic rings. The van der Waals surface area contributed by atoms with Crippen molar-refractivity contribution >= 4 is 5.91 Å². The second-order valence-electron chi connectivity index (χ2n) is 6.63. The standard InChI is InChI=1S/C14H27NO/c1-13(2,3)9-7-11-15-12(16)8-10-14(4,5)6/h7,9H,8,10-11H2,1-6H3,(H,15,16)/b9-7+. The number of rotatable bonds is 4. The number of hydrogen-bond acceptors (Lipinski definition) is 1. The van der Waals surface area contributed by atoms with Crippen LogP contribution in [0.25, 0.3) is 0 Å². The number of amides is 1. The molecule has 0 aromatic carbocycles. The lowest BCUT2D eigenvalue weighted by Gasteiger charge is -2.17. The van der Waals surface area contributed by atoms with Crippen LogP contribution < -0.4 is 5.32 Å². The van der Waals surface area contributed by atoms with E-state index in [2.05, 4.69) is 52.9 Å². The lowest BCUT2D eigenvalue weighted by molar-refractivity contribution is -0.121. The van der Waals surface area contributed by atoms with E-state index < -0.39 is 0 Å². The van der Waals surface area contributed by atoms with E-state index in [-0.39, 0.29) is 16.7 Å². The molecule has 0 heterocycles. The van der Waals surface area contributed by atoms with Gasteiger partial charge in [0.1, 0.15) is 0 Å².